The second-order valence-corrected chi connectivity index (χ2v) is 14.4. The van der Waals surface area contributed by atoms with Crippen molar-refractivity contribution in [1.82, 2.24) is 19.6 Å². The lowest BCUT2D eigenvalue weighted by Gasteiger charge is -2.51. The van der Waals surface area contributed by atoms with Crippen LogP contribution >= 0.6 is 0 Å². The molecule has 0 unspecified atom stereocenters. The quantitative estimate of drug-likeness (QED) is 0.542. The lowest BCUT2D eigenvalue weighted by Crippen LogP contribution is -2.55. The van der Waals surface area contributed by atoms with E-state index in [1.807, 2.05) is 0 Å². The minimum absolute atomic E-state index is 0.00309. The molecule has 2 saturated carbocycles. The molecule has 37 heavy (non-hydrogen) atoms. The zero-order valence-electron chi connectivity index (χ0n) is 22.6. The fourth-order valence-electron chi connectivity index (χ4n) is 6.93. The van der Waals surface area contributed by atoms with E-state index in [9.17, 15) is 18.0 Å². The second kappa shape index (κ2) is 9.88. The number of rotatable bonds is 7. The first kappa shape index (κ1) is 26.5. The summed E-state index contributed by atoms with van der Waals surface area (Å²) >= 11 is 0. The molecule has 4 aliphatic rings. The van der Waals surface area contributed by atoms with Crippen LogP contribution in [0.4, 0.5) is 4.79 Å². The summed E-state index contributed by atoms with van der Waals surface area (Å²) < 4.78 is 23.8. The molecule has 2 aliphatic heterocycles. The van der Waals surface area contributed by atoms with Gasteiger partial charge in [0.1, 0.15) is 16.4 Å². The van der Waals surface area contributed by atoms with Crippen LogP contribution in [-0.2, 0) is 20.2 Å². The molecule has 1 aromatic carbocycles. The predicted molar refractivity (Wildman–Crippen MR) is 144 cm³/mol. The molecule has 1 aromatic rings. The molecule has 2 saturated heterocycles. The summed E-state index contributed by atoms with van der Waals surface area (Å²) in [7, 11) is 1.23. The van der Waals surface area contributed by atoms with Crippen molar-refractivity contribution < 1.29 is 18.0 Å². The highest BCUT2D eigenvalue weighted by Gasteiger charge is 2.55. The first-order valence-corrected chi connectivity index (χ1v) is 15.8. The predicted octanol–water partition coefficient (Wildman–Crippen LogP) is 2.94. The smallest absolute Gasteiger partial charge is 0.321 e. The fourth-order valence-corrected chi connectivity index (χ4v) is 8.00. The number of benzene rings is 1. The van der Waals surface area contributed by atoms with Gasteiger partial charge >= 0.3 is 6.03 Å². The van der Waals surface area contributed by atoms with E-state index in [0.29, 0.717) is 38.4 Å². The van der Waals surface area contributed by atoms with E-state index < -0.39 is 9.84 Å². The molecular weight excluding hydrogens is 488 g/mol. The highest BCUT2D eigenvalue weighted by molar-refractivity contribution is 7.91. The largest absolute Gasteiger partial charge is 0.341 e. The third kappa shape index (κ3) is 5.13. The summed E-state index contributed by atoms with van der Waals surface area (Å²) in [4.78, 5) is 34.9. The van der Waals surface area contributed by atoms with E-state index >= 15 is 0 Å². The van der Waals surface area contributed by atoms with E-state index in [1.54, 1.807) is 9.80 Å². The third-order valence-corrected chi connectivity index (χ3v) is 11.3. The van der Waals surface area contributed by atoms with Gasteiger partial charge in [-0.3, -0.25) is 9.69 Å². The fraction of sp³-hybridized carbons (Fsp3) is 0.714. The Morgan fingerprint density at radius 2 is 1.62 bits per heavy atom. The van der Waals surface area contributed by atoms with Crippen LogP contribution < -0.4 is 0 Å². The molecule has 9 heteroatoms. The minimum Gasteiger partial charge on any atom is -0.341 e. The van der Waals surface area contributed by atoms with Crippen LogP contribution in [0, 0.1) is 5.92 Å². The van der Waals surface area contributed by atoms with Crippen LogP contribution in [0.5, 0.6) is 0 Å². The molecule has 204 valence electrons. The van der Waals surface area contributed by atoms with Gasteiger partial charge in [0.2, 0.25) is 5.91 Å². The molecule has 0 atom stereocenters. The number of urea groups is 1. The van der Waals surface area contributed by atoms with Gasteiger partial charge in [-0.05, 0) is 76.9 Å². The number of hydrogen-bond acceptors (Lipinski definition) is 5. The van der Waals surface area contributed by atoms with Crippen LogP contribution in [0.15, 0.2) is 30.3 Å². The van der Waals surface area contributed by atoms with Crippen LogP contribution in [0.25, 0.3) is 0 Å². The maximum absolute atomic E-state index is 13.7. The van der Waals surface area contributed by atoms with E-state index in [2.05, 4.69) is 54.2 Å². The normalized spacial score (nSPS) is 29.5. The van der Waals surface area contributed by atoms with Gasteiger partial charge < -0.3 is 14.7 Å². The Kier molecular flexibility index (Phi) is 7.07. The zero-order chi connectivity index (χ0) is 26.4. The number of likely N-dealkylation sites (tertiary alicyclic amines) is 1. The zero-order valence-corrected chi connectivity index (χ0v) is 23.4. The van der Waals surface area contributed by atoms with Crippen LogP contribution in [0.2, 0.25) is 0 Å². The first-order chi connectivity index (χ1) is 17.5. The lowest BCUT2D eigenvalue weighted by molar-refractivity contribution is -0.132. The molecule has 2 aliphatic carbocycles. The van der Waals surface area contributed by atoms with E-state index in [-0.39, 0.29) is 34.8 Å². The van der Waals surface area contributed by atoms with Crippen molar-refractivity contribution in [2.45, 2.75) is 67.7 Å². The summed E-state index contributed by atoms with van der Waals surface area (Å²) in [5, 5.41) is -0.369. The molecule has 5 rings (SSSR count). The summed E-state index contributed by atoms with van der Waals surface area (Å²) in [5.74, 6) is 0.521. The number of nitrogens with zero attached hydrogens (tertiary/aromatic N) is 4. The Bertz CT molecular complexity index is 1100. The Labute approximate surface area is 221 Å². The molecular formula is C28H42N4O4S. The highest BCUT2D eigenvalue weighted by Crippen LogP contribution is 2.49. The van der Waals surface area contributed by atoms with Gasteiger partial charge in [0.05, 0.1) is 10.8 Å². The Balaban J connectivity index is 1.29. The molecule has 0 bridgehead atoms. The number of carbonyl (C=O) groups is 2. The van der Waals surface area contributed by atoms with Crippen LogP contribution in [0.1, 0.15) is 56.9 Å². The molecule has 1 spiro atoms. The summed E-state index contributed by atoms with van der Waals surface area (Å²) in [6, 6.07) is 10.7. The first-order valence-electron chi connectivity index (χ1n) is 13.8. The van der Waals surface area contributed by atoms with Crippen LogP contribution in [0.3, 0.4) is 0 Å². The topological polar surface area (TPSA) is 81.2 Å². The Morgan fingerprint density at radius 1 is 1.00 bits per heavy atom. The maximum atomic E-state index is 13.7. The van der Waals surface area contributed by atoms with Crippen LogP contribution in [-0.4, -0.2) is 104 Å². The second-order valence-electron chi connectivity index (χ2n) is 12.1. The lowest BCUT2D eigenvalue weighted by atomic mass is 9.68. The average molecular weight is 531 g/mol. The number of piperidine rings is 1. The van der Waals surface area contributed by atoms with Crippen molar-refractivity contribution in [2.75, 3.05) is 53.1 Å². The SMILES string of the molecule is CN(C)[C@]1(c2ccccc2)CC[C@@]2(CC1)CN(CC(=O)N1CCC(S(C)(=O)=O)CC1)C(=O)N2CC1CC1. The summed E-state index contributed by atoms with van der Waals surface area (Å²) in [6.45, 7) is 2.37. The molecule has 8 nitrogen and oxygen atoms in total. The van der Waals surface area contributed by atoms with Gasteiger partial charge in [-0.25, -0.2) is 13.2 Å². The van der Waals surface area contributed by atoms with Crippen molar-refractivity contribution in [3.05, 3.63) is 35.9 Å². The standard InChI is InChI=1S/C28H42N4O4S/c1-29(2)28(23-7-5-4-6-8-23)15-13-27(14-16-28)21-31(26(34)32(27)19-22-9-10-22)20-25(33)30-17-11-24(12-18-30)37(3,35)36/h4-8,22,24H,9-21H2,1-3H3/t27-,28-. The van der Waals surface area contributed by atoms with E-state index in [1.165, 1.54) is 24.7 Å². The van der Waals surface area contributed by atoms with E-state index in [0.717, 1.165) is 32.2 Å². The average Bonchev–Trinajstić information content (AvgIpc) is 3.67. The van der Waals surface area contributed by atoms with Gasteiger partial charge in [0.25, 0.3) is 0 Å². The highest BCUT2D eigenvalue weighted by atomic mass is 32.2. The Hall–Kier alpha value is -2.13. The van der Waals surface area contributed by atoms with Gasteiger partial charge in [-0.2, -0.15) is 0 Å². The molecule has 2 heterocycles. The summed E-state index contributed by atoms with van der Waals surface area (Å²) in [6.07, 6.45) is 8.37. The van der Waals surface area contributed by atoms with Crippen molar-refractivity contribution in [1.29, 1.82) is 0 Å². The molecule has 0 aromatic heterocycles. The molecule has 4 fully saturated rings. The molecule has 3 amide bonds. The maximum Gasteiger partial charge on any atom is 0.321 e. The van der Waals surface area contributed by atoms with Crippen molar-refractivity contribution in [2.24, 2.45) is 5.92 Å². The Morgan fingerprint density at radius 3 is 2.16 bits per heavy atom. The number of carbonyl (C=O) groups excluding carboxylic acids is 2. The monoisotopic (exact) mass is 530 g/mol. The third-order valence-electron chi connectivity index (χ3n) is 9.60. The van der Waals surface area contributed by atoms with Gasteiger partial charge in [0.15, 0.2) is 0 Å². The van der Waals surface area contributed by atoms with Crippen molar-refractivity contribution in [3.63, 3.8) is 0 Å². The molecule has 0 N–H and O–H groups in total. The van der Waals surface area contributed by atoms with Gasteiger partial charge in [-0.1, -0.05) is 30.3 Å². The van der Waals surface area contributed by atoms with Crippen molar-refractivity contribution in [3.8, 4) is 0 Å². The van der Waals surface area contributed by atoms with Gasteiger partial charge in [-0.15, -0.1) is 0 Å². The molecule has 0 radical (unpaired) electrons. The number of hydrogen-bond donors (Lipinski definition) is 0. The number of amides is 3. The minimum atomic E-state index is -3.09. The van der Waals surface area contributed by atoms with E-state index in [4.69, 9.17) is 0 Å². The summed E-state index contributed by atoms with van der Waals surface area (Å²) in [5.41, 5.74) is 1.06. The van der Waals surface area contributed by atoms with Gasteiger partial charge in [0, 0.05) is 38.0 Å². The van der Waals surface area contributed by atoms with Crippen molar-refractivity contribution >= 4 is 21.8 Å². The number of sulfone groups is 1.